The highest BCUT2D eigenvalue weighted by Gasteiger charge is 2.19. The third-order valence-corrected chi connectivity index (χ3v) is 4.38. The summed E-state index contributed by atoms with van der Waals surface area (Å²) in [6, 6.07) is 17.4. The smallest absolute Gasteiger partial charge is 0.270 e. The van der Waals surface area contributed by atoms with Crippen molar-refractivity contribution in [2.75, 3.05) is 0 Å². The summed E-state index contributed by atoms with van der Waals surface area (Å²) in [6.07, 6.45) is 0. The summed E-state index contributed by atoms with van der Waals surface area (Å²) in [4.78, 5) is 47.7. The second-order valence-electron chi connectivity index (χ2n) is 6.10. The predicted molar refractivity (Wildman–Crippen MR) is 109 cm³/mol. The van der Waals surface area contributed by atoms with Crippen LogP contribution < -0.4 is 10.9 Å². The molecule has 2 amide bonds. The maximum atomic E-state index is 12.8. The van der Waals surface area contributed by atoms with Crippen LogP contribution in [0.4, 0.5) is 5.69 Å². The molecule has 2 N–H and O–H groups in total. The molecule has 3 aromatic rings. The van der Waals surface area contributed by atoms with Crippen LogP contribution in [0.25, 0.3) is 0 Å². The summed E-state index contributed by atoms with van der Waals surface area (Å²) in [5.74, 6) is -1.84. The number of nitro groups is 1. The number of non-ortho nitro benzene ring substituents is 1. The number of carbonyl (C=O) groups is 3. The van der Waals surface area contributed by atoms with Crippen molar-refractivity contribution >= 4 is 34.9 Å². The predicted octanol–water partition coefficient (Wildman–Crippen LogP) is 3.55. The molecule has 0 aliphatic carbocycles. The minimum atomic E-state index is -0.742. The fourth-order valence-electron chi connectivity index (χ4n) is 2.65. The summed E-state index contributed by atoms with van der Waals surface area (Å²) >= 11 is 5.84. The molecule has 0 atom stereocenters. The molecule has 0 aliphatic rings. The minimum Gasteiger partial charge on any atom is -0.289 e. The molecule has 0 saturated carbocycles. The van der Waals surface area contributed by atoms with Gasteiger partial charge in [0.2, 0.25) is 0 Å². The second-order valence-corrected chi connectivity index (χ2v) is 6.53. The summed E-state index contributed by atoms with van der Waals surface area (Å²) < 4.78 is 0. The summed E-state index contributed by atoms with van der Waals surface area (Å²) in [7, 11) is 0. The number of carbonyl (C=O) groups excluding carboxylic acids is 3. The van der Waals surface area contributed by atoms with Crippen molar-refractivity contribution in [3.63, 3.8) is 0 Å². The van der Waals surface area contributed by atoms with Gasteiger partial charge in [-0.1, -0.05) is 35.9 Å². The molecule has 30 heavy (non-hydrogen) atoms. The first-order valence-corrected chi connectivity index (χ1v) is 8.99. The highest BCUT2D eigenvalue weighted by Crippen LogP contribution is 2.17. The number of nitrogens with one attached hydrogen (secondary N) is 2. The van der Waals surface area contributed by atoms with Gasteiger partial charge in [-0.3, -0.25) is 35.3 Å². The monoisotopic (exact) mass is 423 g/mol. The number of nitrogens with zero attached hydrogens (tertiary/aromatic N) is 1. The first kappa shape index (κ1) is 20.7. The van der Waals surface area contributed by atoms with Crippen LogP contribution in [0.5, 0.6) is 0 Å². The van der Waals surface area contributed by atoms with Gasteiger partial charge in [0.1, 0.15) is 0 Å². The molecular weight excluding hydrogens is 410 g/mol. The molecule has 0 aliphatic heterocycles. The molecule has 0 bridgehead atoms. The van der Waals surface area contributed by atoms with Crippen LogP contribution in [0.1, 0.15) is 36.6 Å². The average Bonchev–Trinajstić information content (AvgIpc) is 2.77. The molecule has 0 fully saturated rings. The lowest BCUT2D eigenvalue weighted by Gasteiger charge is -2.11. The van der Waals surface area contributed by atoms with Crippen molar-refractivity contribution in [1.82, 2.24) is 10.9 Å². The number of rotatable bonds is 5. The van der Waals surface area contributed by atoms with Crippen LogP contribution in [0.3, 0.4) is 0 Å². The number of ketones is 1. The van der Waals surface area contributed by atoms with Gasteiger partial charge in [0, 0.05) is 33.8 Å². The van der Waals surface area contributed by atoms with Gasteiger partial charge in [-0.2, -0.15) is 0 Å². The van der Waals surface area contributed by atoms with Crippen molar-refractivity contribution in [3.8, 4) is 0 Å². The number of benzene rings is 3. The van der Waals surface area contributed by atoms with E-state index in [1.165, 1.54) is 30.3 Å². The van der Waals surface area contributed by atoms with Gasteiger partial charge < -0.3 is 0 Å². The number of hydrogen-bond donors (Lipinski definition) is 2. The second kappa shape index (κ2) is 8.97. The lowest BCUT2D eigenvalue weighted by atomic mass is 9.98. The van der Waals surface area contributed by atoms with Gasteiger partial charge in [-0.15, -0.1) is 0 Å². The van der Waals surface area contributed by atoms with E-state index in [0.717, 1.165) is 6.07 Å². The molecule has 0 heterocycles. The van der Waals surface area contributed by atoms with Gasteiger partial charge in [0.05, 0.1) is 10.5 Å². The normalized spacial score (nSPS) is 10.2. The third-order valence-electron chi connectivity index (χ3n) is 4.13. The molecule has 3 rings (SSSR count). The first-order chi connectivity index (χ1) is 14.4. The van der Waals surface area contributed by atoms with Crippen LogP contribution >= 0.6 is 11.6 Å². The molecule has 150 valence electrons. The molecule has 0 aromatic heterocycles. The summed E-state index contributed by atoms with van der Waals surface area (Å²) in [6.45, 7) is 0. The van der Waals surface area contributed by atoms with E-state index in [1.54, 1.807) is 36.4 Å². The van der Waals surface area contributed by atoms with E-state index >= 15 is 0 Å². The average molecular weight is 424 g/mol. The third kappa shape index (κ3) is 4.68. The maximum Gasteiger partial charge on any atom is 0.270 e. The van der Waals surface area contributed by atoms with Crippen molar-refractivity contribution in [3.05, 3.63) is 110 Å². The van der Waals surface area contributed by atoms with Gasteiger partial charge in [0.25, 0.3) is 17.5 Å². The van der Waals surface area contributed by atoms with Crippen LogP contribution in [-0.2, 0) is 0 Å². The quantitative estimate of drug-likeness (QED) is 0.369. The van der Waals surface area contributed by atoms with Crippen LogP contribution in [-0.4, -0.2) is 22.5 Å². The number of nitro benzene ring substituents is 1. The Morgan fingerprint density at radius 2 is 1.40 bits per heavy atom. The van der Waals surface area contributed by atoms with Gasteiger partial charge in [-0.25, -0.2) is 0 Å². The Morgan fingerprint density at radius 1 is 0.767 bits per heavy atom. The van der Waals surface area contributed by atoms with Gasteiger partial charge >= 0.3 is 0 Å². The highest BCUT2D eigenvalue weighted by atomic mass is 35.5. The van der Waals surface area contributed by atoms with Crippen LogP contribution in [0, 0.1) is 10.1 Å². The largest absolute Gasteiger partial charge is 0.289 e. The molecule has 8 nitrogen and oxygen atoms in total. The Balaban J connectivity index is 1.75. The fourth-order valence-corrected chi connectivity index (χ4v) is 2.78. The van der Waals surface area contributed by atoms with Gasteiger partial charge in [-0.05, 0) is 36.4 Å². The Labute approximate surface area is 175 Å². The standard InChI is InChI=1S/C21H14ClN3O5/c22-15-10-8-13(9-11-15)19(26)17-6-1-2-7-18(17)21(28)24-23-20(27)14-4-3-5-16(12-14)25(29)30/h1-12H,(H,23,27)(H,24,28). The zero-order chi connectivity index (χ0) is 21.7. The minimum absolute atomic E-state index is 0.00461. The number of amides is 2. The number of halogens is 1. The van der Waals surface area contributed by atoms with E-state index in [0.29, 0.717) is 10.6 Å². The van der Waals surface area contributed by atoms with Crippen molar-refractivity contribution in [2.45, 2.75) is 0 Å². The topological polar surface area (TPSA) is 118 Å². The Morgan fingerprint density at radius 3 is 2.07 bits per heavy atom. The Hall–Kier alpha value is -4.04. The van der Waals surface area contributed by atoms with Crippen molar-refractivity contribution < 1.29 is 19.3 Å². The first-order valence-electron chi connectivity index (χ1n) is 8.61. The maximum absolute atomic E-state index is 12.8. The molecule has 3 aromatic carbocycles. The molecule has 9 heteroatoms. The fraction of sp³-hybridized carbons (Fsp3) is 0. The van der Waals surface area contributed by atoms with E-state index in [9.17, 15) is 24.5 Å². The zero-order valence-corrected chi connectivity index (χ0v) is 16.1. The van der Waals surface area contributed by atoms with E-state index in [-0.39, 0.29) is 28.2 Å². The summed E-state index contributed by atoms with van der Waals surface area (Å²) in [5, 5.41) is 11.3. The lowest BCUT2D eigenvalue weighted by Crippen LogP contribution is -2.42. The van der Waals surface area contributed by atoms with E-state index in [2.05, 4.69) is 10.9 Å². The SMILES string of the molecule is O=C(NNC(=O)c1ccccc1C(=O)c1ccc(Cl)cc1)c1cccc([N+](=O)[O-])c1. The Kier molecular flexibility index (Phi) is 6.19. The summed E-state index contributed by atoms with van der Waals surface area (Å²) in [5.41, 5.74) is 4.69. The molecule has 0 saturated heterocycles. The van der Waals surface area contributed by atoms with E-state index < -0.39 is 16.7 Å². The van der Waals surface area contributed by atoms with E-state index in [1.807, 2.05) is 0 Å². The number of hydrazine groups is 1. The van der Waals surface area contributed by atoms with E-state index in [4.69, 9.17) is 11.6 Å². The lowest BCUT2D eigenvalue weighted by molar-refractivity contribution is -0.384. The molecule has 0 radical (unpaired) electrons. The zero-order valence-electron chi connectivity index (χ0n) is 15.3. The molecule has 0 spiro atoms. The highest BCUT2D eigenvalue weighted by molar-refractivity contribution is 6.30. The van der Waals surface area contributed by atoms with Gasteiger partial charge in [0.15, 0.2) is 5.78 Å². The van der Waals surface area contributed by atoms with Crippen molar-refractivity contribution in [2.24, 2.45) is 0 Å². The van der Waals surface area contributed by atoms with Crippen LogP contribution in [0.2, 0.25) is 5.02 Å². The molecular formula is C21H14ClN3O5. The Bertz CT molecular complexity index is 1150. The number of hydrogen-bond acceptors (Lipinski definition) is 5. The van der Waals surface area contributed by atoms with Crippen molar-refractivity contribution in [1.29, 1.82) is 0 Å². The van der Waals surface area contributed by atoms with Crippen LogP contribution in [0.15, 0.2) is 72.8 Å². The molecule has 0 unspecified atom stereocenters.